The number of amides is 1. The number of nitrogens with one attached hydrogen (secondary N) is 1. The van der Waals surface area contributed by atoms with E-state index in [4.69, 9.17) is 4.74 Å². The Kier molecular flexibility index (Phi) is 6.90. The fraction of sp³-hybridized carbons (Fsp3) is 0.182. The maximum absolute atomic E-state index is 12.5. The SMILES string of the molecule is CCOC(=O)c1c(-c2ccccc2)csc1NC(=O)CSc1ccc(C)cc1. The molecule has 1 N–H and O–H groups in total. The molecule has 0 unspecified atom stereocenters. The highest BCUT2D eigenvalue weighted by Crippen LogP contribution is 2.36. The number of anilines is 1. The molecular weight excluding hydrogens is 390 g/mol. The van der Waals surface area contributed by atoms with Crippen LogP contribution in [-0.2, 0) is 9.53 Å². The minimum atomic E-state index is -0.427. The Bertz CT molecular complexity index is 950. The highest BCUT2D eigenvalue weighted by Gasteiger charge is 2.22. The van der Waals surface area contributed by atoms with Gasteiger partial charge in [-0.15, -0.1) is 23.1 Å². The van der Waals surface area contributed by atoms with Gasteiger partial charge in [-0.25, -0.2) is 4.79 Å². The number of carbonyl (C=O) groups is 2. The number of ether oxygens (including phenoxy) is 1. The summed E-state index contributed by atoms with van der Waals surface area (Å²) in [7, 11) is 0. The quantitative estimate of drug-likeness (QED) is 0.404. The molecule has 0 aliphatic heterocycles. The molecule has 0 saturated heterocycles. The first-order chi connectivity index (χ1) is 13.6. The molecule has 0 spiro atoms. The molecule has 0 fully saturated rings. The van der Waals surface area contributed by atoms with Crippen molar-refractivity contribution in [2.45, 2.75) is 18.7 Å². The van der Waals surface area contributed by atoms with Gasteiger partial charge in [0, 0.05) is 15.8 Å². The summed E-state index contributed by atoms with van der Waals surface area (Å²) in [4.78, 5) is 26.0. The van der Waals surface area contributed by atoms with Gasteiger partial charge in [-0.1, -0.05) is 48.0 Å². The highest BCUT2D eigenvalue weighted by atomic mass is 32.2. The Morgan fingerprint density at radius 3 is 2.46 bits per heavy atom. The number of hydrogen-bond donors (Lipinski definition) is 1. The fourth-order valence-electron chi connectivity index (χ4n) is 2.63. The van der Waals surface area contributed by atoms with Gasteiger partial charge in [0.05, 0.1) is 12.4 Å². The number of rotatable bonds is 7. The van der Waals surface area contributed by atoms with E-state index in [1.54, 1.807) is 6.92 Å². The van der Waals surface area contributed by atoms with Gasteiger partial charge >= 0.3 is 5.97 Å². The number of thiophene rings is 1. The third kappa shape index (κ3) is 5.03. The van der Waals surface area contributed by atoms with Crippen LogP contribution in [0.4, 0.5) is 5.00 Å². The van der Waals surface area contributed by atoms with Crippen LogP contribution in [0, 0.1) is 6.92 Å². The van der Waals surface area contributed by atoms with Gasteiger partial charge in [0.1, 0.15) is 10.6 Å². The summed E-state index contributed by atoms with van der Waals surface area (Å²) in [5.74, 6) is -0.314. The third-order valence-corrected chi connectivity index (χ3v) is 5.91. The number of thioether (sulfide) groups is 1. The van der Waals surface area contributed by atoms with Crippen molar-refractivity contribution in [2.24, 2.45) is 0 Å². The first-order valence-electron chi connectivity index (χ1n) is 8.92. The molecule has 0 bridgehead atoms. The predicted octanol–water partition coefficient (Wildman–Crippen LogP) is 5.63. The zero-order valence-electron chi connectivity index (χ0n) is 15.7. The van der Waals surface area contributed by atoms with Crippen LogP contribution in [0.1, 0.15) is 22.8 Å². The summed E-state index contributed by atoms with van der Waals surface area (Å²) in [6.07, 6.45) is 0. The molecule has 0 radical (unpaired) electrons. The molecule has 0 saturated carbocycles. The van der Waals surface area contributed by atoms with Crippen molar-refractivity contribution in [3.63, 3.8) is 0 Å². The van der Waals surface area contributed by atoms with Gasteiger partial charge < -0.3 is 10.1 Å². The Labute approximate surface area is 172 Å². The Balaban J connectivity index is 1.77. The van der Waals surface area contributed by atoms with E-state index in [1.807, 2.05) is 66.9 Å². The molecule has 1 heterocycles. The largest absolute Gasteiger partial charge is 0.462 e. The molecule has 4 nitrogen and oxygen atoms in total. The number of benzene rings is 2. The van der Waals surface area contributed by atoms with Crippen LogP contribution in [0.5, 0.6) is 0 Å². The molecular formula is C22H21NO3S2. The van der Waals surface area contributed by atoms with E-state index < -0.39 is 5.97 Å². The van der Waals surface area contributed by atoms with Crippen LogP contribution >= 0.6 is 23.1 Å². The van der Waals surface area contributed by atoms with Gasteiger partial charge in [-0.2, -0.15) is 0 Å². The van der Waals surface area contributed by atoms with Crippen molar-refractivity contribution < 1.29 is 14.3 Å². The molecule has 28 heavy (non-hydrogen) atoms. The van der Waals surface area contributed by atoms with Gasteiger partial charge in [0.15, 0.2) is 0 Å². The van der Waals surface area contributed by atoms with Crippen LogP contribution in [0.15, 0.2) is 64.9 Å². The standard InChI is InChI=1S/C22H21NO3S2/c1-3-26-22(25)20-18(16-7-5-4-6-8-16)13-28-21(20)23-19(24)14-27-17-11-9-15(2)10-12-17/h4-13H,3,14H2,1-2H3,(H,23,24). The highest BCUT2D eigenvalue weighted by molar-refractivity contribution is 8.00. The molecule has 2 aromatic carbocycles. The van der Waals surface area contributed by atoms with E-state index in [-0.39, 0.29) is 18.3 Å². The summed E-state index contributed by atoms with van der Waals surface area (Å²) >= 11 is 2.80. The predicted molar refractivity (Wildman–Crippen MR) is 116 cm³/mol. The monoisotopic (exact) mass is 411 g/mol. The smallest absolute Gasteiger partial charge is 0.341 e. The zero-order valence-corrected chi connectivity index (χ0v) is 17.4. The normalized spacial score (nSPS) is 10.5. The second-order valence-electron chi connectivity index (χ2n) is 6.09. The number of hydrogen-bond acceptors (Lipinski definition) is 5. The lowest BCUT2D eigenvalue weighted by Gasteiger charge is -2.09. The molecule has 6 heteroatoms. The van der Waals surface area contributed by atoms with E-state index in [0.717, 1.165) is 16.0 Å². The van der Waals surface area contributed by atoms with E-state index in [9.17, 15) is 9.59 Å². The minimum absolute atomic E-state index is 0.155. The molecule has 144 valence electrons. The first-order valence-corrected chi connectivity index (χ1v) is 10.8. The van der Waals surface area contributed by atoms with Crippen molar-refractivity contribution in [3.05, 3.63) is 71.1 Å². The Morgan fingerprint density at radius 1 is 1.07 bits per heavy atom. The number of carbonyl (C=O) groups excluding carboxylic acids is 2. The molecule has 3 aromatic rings. The van der Waals surface area contributed by atoms with E-state index >= 15 is 0 Å². The van der Waals surface area contributed by atoms with E-state index in [1.165, 1.54) is 28.7 Å². The van der Waals surface area contributed by atoms with Crippen molar-refractivity contribution in [2.75, 3.05) is 17.7 Å². The Morgan fingerprint density at radius 2 is 1.79 bits per heavy atom. The van der Waals surface area contributed by atoms with Crippen LogP contribution in [-0.4, -0.2) is 24.2 Å². The van der Waals surface area contributed by atoms with Crippen molar-refractivity contribution in [1.82, 2.24) is 0 Å². The maximum Gasteiger partial charge on any atom is 0.341 e. The number of aryl methyl sites for hydroxylation is 1. The van der Waals surface area contributed by atoms with Gasteiger partial charge in [0.25, 0.3) is 0 Å². The summed E-state index contributed by atoms with van der Waals surface area (Å²) in [5, 5.41) is 5.28. The van der Waals surface area contributed by atoms with Gasteiger partial charge in [-0.3, -0.25) is 4.79 Å². The lowest BCUT2D eigenvalue weighted by molar-refractivity contribution is -0.113. The molecule has 0 aliphatic carbocycles. The van der Waals surface area contributed by atoms with Crippen molar-refractivity contribution >= 4 is 40.0 Å². The maximum atomic E-state index is 12.5. The molecule has 3 rings (SSSR count). The fourth-order valence-corrected chi connectivity index (χ4v) is 4.30. The van der Waals surface area contributed by atoms with Crippen LogP contribution < -0.4 is 5.32 Å². The third-order valence-electron chi connectivity index (χ3n) is 4.00. The molecule has 0 atom stereocenters. The second-order valence-corrected chi connectivity index (χ2v) is 8.02. The van der Waals surface area contributed by atoms with Crippen molar-refractivity contribution in [3.8, 4) is 11.1 Å². The van der Waals surface area contributed by atoms with Crippen LogP contribution in [0.2, 0.25) is 0 Å². The van der Waals surface area contributed by atoms with Crippen LogP contribution in [0.25, 0.3) is 11.1 Å². The molecule has 1 amide bonds. The average Bonchev–Trinajstić information content (AvgIpc) is 3.12. The van der Waals surface area contributed by atoms with E-state index in [0.29, 0.717) is 10.6 Å². The molecule has 1 aromatic heterocycles. The summed E-state index contributed by atoms with van der Waals surface area (Å²) in [6.45, 7) is 4.07. The van der Waals surface area contributed by atoms with Gasteiger partial charge in [-0.05, 0) is 31.5 Å². The zero-order chi connectivity index (χ0) is 19.9. The Hall–Kier alpha value is -2.57. The topological polar surface area (TPSA) is 55.4 Å². The van der Waals surface area contributed by atoms with Gasteiger partial charge in [0.2, 0.25) is 5.91 Å². The van der Waals surface area contributed by atoms with Crippen molar-refractivity contribution in [1.29, 1.82) is 0 Å². The lowest BCUT2D eigenvalue weighted by atomic mass is 10.0. The summed E-state index contributed by atoms with van der Waals surface area (Å²) in [5.41, 5.74) is 3.27. The minimum Gasteiger partial charge on any atom is -0.462 e. The van der Waals surface area contributed by atoms with Crippen LogP contribution in [0.3, 0.4) is 0 Å². The average molecular weight is 412 g/mol. The van der Waals surface area contributed by atoms with E-state index in [2.05, 4.69) is 5.32 Å². The number of esters is 1. The molecule has 0 aliphatic rings. The summed E-state index contributed by atoms with van der Waals surface area (Å²) in [6, 6.07) is 17.6. The first kappa shape index (κ1) is 20.2. The lowest BCUT2D eigenvalue weighted by Crippen LogP contribution is -2.16. The second kappa shape index (κ2) is 9.57. The summed E-state index contributed by atoms with van der Waals surface area (Å²) < 4.78 is 5.22.